The zero-order valence-electron chi connectivity index (χ0n) is 12.0. The van der Waals surface area contributed by atoms with E-state index in [-0.39, 0.29) is 17.0 Å². The van der Waals surface area contributed by atoms with Crippen LogP contribution >= 0.6 is 0 Å². The normalized spacial score (nSPS) is 10.0. The Morgan fingerprint density at radius 2 is 1.52 bits per heavy atom. The first kappa shape index (κ1) is 16.3. The van der Waals surface area contributed by atoms with Crippen LogP contribution in [0.25, 0.3) is 0 Å². The summed E-state index contributed by atoms with van der Waals surface area (Å²) in [6.07, 6.45) is 0. The molecule has 2 aromatic carbocycles. The van der Waals surface area contributed by atoms with E-state index in [1.54, 1.807) is 12.1 Å². The SMILES string of the molecule is CC(=O)c1ccccc1NC(=O)NC(=O)c1c(F)cccc1F. The molecule has 0 aliphatic carbocycles. The molecule has 23 heavy (non-hydrogen) atoms. The first-order chi connectivity index (χ1) is 10.9. The highest BCUT2D eigenvalue weighted by atomic mass is 19.1. The van der Waals surface area contributed by atoms with E-state index in [1.165, 1.54) is 19.1 Å². The summed E-state index contributed by atoms with van der Waals surface area (Å²) in [4.78, 5) is 35.0. The number of carbonyl (C=O) groups excluding carboxylic acids is 3. The molecule has 118 valence electrons. The van der Waals surface area contributed by atoms with Gasteiger partial charge in [-0.25, -0.2) is 13.6 Å². The molecule has 7 heteroatoms. The molecule has 0 aromatic heterocycles. The highest BCUT2D eigenvalue weighted by Gasteiger charge is 2.19. The highest BCUT2D eigenvalue weighted by Crippen LogP contribution is 2.16. The average molecular weight is 318 g/mol. The molecular weight excluding hydrogens is 306 g/mol. The number of anilines is 1. The van der Waals surface area contributed by atoms with Gasteiger partial charge in [0.15, 0.2) is 5.78 Å². The molecule has 0 radical (unpaired) electrons. The molecular formula is C16H12F2N2O3. The van der Waals surface area contributed by atoms with E-state index in [0.717, 1.165) is 18.2 Å². The standard InChI is InChI=1S/C16H12F2N2O3/c1-9(21)10-5-2-3-8-13(10)19-16(23)20-15(22)14-11(17)6-4-7-12(14)18/h2-8H,1H3,(H2,19,20,22,23). The van der Waals surface area contributed by atoms with Crippen molar-refractivity contribution in [1.82, 2.24) is 5.32 Å². The summed E-state index contributed by atoms with van der Waals surface area (Å²) in [7, 11) is 0. The largest absolute Gasteiger partial charge is 0.326 e. The highest BCUT2D eigenvalue weighted by molar-refractivity contribution is 6.10. The number of Topliss-reactive ketones (excluding diaryl/α,β-unsaturated/α-hetero) is 1. The minimum Gasteiger partial charge on any atom is -0.307 e. The van der Waals surface area contributed by atoms with E-state index in [9.17, 15) is 23.2 Å². The lowest BCUT2D eigenvalue weighted by atomic mass is 10.1. The van der Waals surface area contributed by atoms with Crippen molar-refractivity contribution in [1.29, 1.82) is 0 Å². The van der Waals surface area contributed by atoms with Gasteiger partial charge >= 0.3 is 6.03 Å². The number of para-hydroxylation sites is 1. The van der Waals surface area contributed by atoms with E-state index in [2.05, 4.69) is 5.32 Å². The number of hydrogen-bond donors (Lipinski definition) is 2. The van der Waals surface area contributed by atoms with Crippen LogP contribution in [0.2, 0.25) is 0 Å². The van der Waals surface area contributed by atoms with Crippen molar-refractivity contribution in [2.45, 2.75) is 6.92 Å². The van der Waals surface area contributed by atoms with Crippen molar-refractivity contribution in [3.05, 3.63) is 65.2 Å². The van der Waals surface area contributed by atoms with Crippen LogP contribution in [-0.2, 0) is 0 Å². The third kappa shape index (κ3) is 3.76. The maximum atomic E-state index is 13.5. The van der Waals surface area contributed by atoms with Gasteiger partial charge in [-0.1, -0.05) is 18.2 Å². The van der Waals surface area contributed by atoms with Gasteiger partial charge in [-0.3, -0.25) is 14.9 Å². The lowest BCUT2D eigenvalue weighted by Gasteiger charge is -2.10. The van der Waals surface area contributed by atoms with Crippen LogP contribution in [0.1, 0.15) is 27.6 Å². The summed E-state index contributed by atoms with van der Waals surface area (Å²) in [6, 6.07) is 8.05. The van der Waals surface area contributed by atoms with Gasteiger partial charge in [-0.2, -0.15) is 0 Å². The monoisotopic (exact) mass is 318 g/mol. The first-order valence-corrected chi connectivity index (χ1v) is 6.56. The molecule has 3 amide bonds. The van der Waals surface area contributed by atoms with Crippen LogP contribution in [0.5, 0.6) is 0 Å². The molecule has 0 saturated heterocycles. The average Bonchev–Trinajstić information content (AvgIpc) is 2.47. The van der Waals surface area contributed by atoms with Crippen molar-refractivity contribution in [2.75, 3.05) is 5.32 Å². The fourth-order valence-electron chi connectivity index (χ4n) is 1.93. The van der Waals surface area contributed by atoms with Gasteiger partial charge in [0.2, 0.25) is 0 Å². The maximum Gasteiger partial charge on any atom is 0.326 e. The summed E-state index contributed by atoms with van der Waals surface area (Å²) >= 11 is 0. The number of amides is 3. The molecule has 5 nitrogen and oxygen atoms in total. The third-order valence-electron chi connectivity index (χ3n) is 2.97. The van der Waals surface area contributed by atoms with Crippen LogP contribution in [-0.4, -0.2) is 17.7 Å². The zero-order valence-corrected chi connectivity index (χ0v) is 12.0. The predicted octanol–water partition coefficient (Wildman–Crippen LogP) is 3.13. The van der Waals surface area contributed by atoms with E-state index in [1.807, 2.05) is 5.32 Å². The Kier molecular flexibility index (Phi) is 4.80. The van der Waals surface area contributed by atoms with Crippen molar-refractivity contribution < 1.29 is 23.2 Å². The molecule has 0 aliphatic heterocycles. The summed E-state index contributed by atoms with van der Waals surface area (Å²) in [5.74, 6) is -3.68. The second-order valence-corrected chi connectivity index (χ2v) is 4.61. The molecule has 0 spiro atoms. The van der Waals surface area contributed by atoms with Crippen molar-refractivity contribution in [3.63, 3.8) is 0 Å². The Morgan fingerprint density at radius 1 is 0.913 bits per heavy atom. The molecule has 0 heterocycles. The molecule has 2 N–H and O–H groups in total. The lowest BCUT2D eigenvalue weighted by molar-refractivity contribution is 0.0958. The maximum absolute atomic E-state index is 13.5. The number of carbonyl (C=O) groups is 3. The molecule has 0 atom stereocenters. The van der Waals surface area contributed by atoms with Gasteiger partial charge < -0.3 is 5.32 Å². The second kappa shape index (κ2) is 6.78. The van der Waals surface area contributed by atoms with E-state index in [4.69, 9.17) is 0 Å². The van der Waals surface area contributed by atoms with Crippen LogP contribution in [0.3, 0.4) is 0 Å². The number of ketones is 1. The van der Waals surface area contributed by atoms with Gasteiger partial charge in [0, 0.05) is 5.56 Å². The molecule has 0 fully saturated rings. The minimum absolute atomic E-state index is 0.180. The van der Waals surface area contributed by atoms with Crippen molar-refractivity contribution in [2.24, 2.45) is 0 Å². The number of urea groups is 1. The summed E-state index contributed by atoms with van der Waals surface area (Å²) < 4.78 is 26.9. The number of rotatable bonds is 3. The smallest absolute Gasteiger partial charge is 0.307 e. The summed E-state index contributed by atoms with van der Waals surface area (Å²) in [5.41, 5.74) is -0.436. The van der Waals surface area contributed by atoms with Crippen molar-refractivity contribution in [3.8, 4) is 0 Å². The third-order valence-corrected chi connectivity index (χ3v) is 2.97. The molecule has 0 saturated carbocycles. The lowest BCUT2D eigenvalue weighted by Crippen LogP contribution is -2.35. The van der Waals surface area contributed by atoms with E-state index >= 15 is 0 Å². The quantitative estimate of drug-likeness (QED) is 0.854. The fraction of sp³-hybridized carbons (Fsp3) is 0.0625. The molecule has 0 aliphatic rings. The van der Waals surface area contributed by atoms with E-state index in [0.29, 0.717) is 0 Å². The van der Waals surface area contributed by atoms with Crippen LogP contribution in [0.15, 0.2) is 42.5 Å². The van der Waals surface area contributed by atoms with Crippen LogP contribution < -0.4 is 10.6 Å². The summed E-state index contributed by atoms with van der Waals surface area (Å²) in [6.45, 7) is 1.32. The Hall–Kier alpha value is -3.09. The number of nitrogens with one attached hydrogen (secondary N) is 2. The number of imide groups is 1. The fourth-order valence-corrected chi connectivity index (χ4v) is 1.93. The predicted molar refractivity (Wildman–Crippen MR) is 79.3 cm³/mol. The Bertz CT molecular complexity index is 770. The molecule has 0 bridgehead atoms. The van der Waals surface area contributed by atoms with Crippen LogP contribution in [0.4, 0.5) is 19.3 Å². The number of benzene rings is 2. The molecule has 2 aromatic rings. The van der Waals surface area contributed by atoms with Gasteiger partial charge in [0.05, 0.1) is 5.69 Å². The minimum atomic E-state index is -1.22. The number of hydrogen-bond acceptors (Lipinski definition) is 3. The Morgan fingerprint density at radius 3 is 2.13 bits per heavy atom. The van der Waals surface area contributed by atoms with Gasteiger partial charge in [0.1, 0.15) is 17.2 Å². The second-order valence-electron chi connectivity index (χ2n) is 4.61. The van der Waals surface area contributed by atoms with Gasteiger partial charge in [-0.05, 0) is 31.2 Å². The summed E-state index contributed by atoms with van der Waals surface area (Å²) in [5, 5.41) is 4.11. The molecule has 2 rings (SSSR count). The Balaban J connectivity index is 2.14. The molecule has 0 unspecified atom stereocenters. The topological polar surface area (TPSA) is 75.3 Å². The van der Waals surface area contributed by atoms with Gasteiger partial charge in [0.25, 0.3) is 5.91 Å². The van der Waals surface area contributed by atoms with Crippen LogP contribution in [0, 0.1) is 11.6 Å². The van der Waals surface area contributed by atoms with Gasteiger partial charge in [-0.15, -0.1) is 0 Å². The van der Waals surface area contributed by atoms with Crippen molar-refractivity contribution >= 4 is 23.4 Å². The van der Waals surface area contributed by atoms with E-state index < -0.39 is 29.1 Å². The Labute approximate surface area is 130 Å². The number of halogens is 2. The zero-order chi connectivity index (χ0) is 17.0. The first-order valence-electron chi connectivity index (χ1n) is 6.56.